The van der Waals surface area contributed by atoms with Crippen LogP contribution in [0.2, 0.25) is 0 Å². The number of nitrogens with one attached hydrogen (secondary N) is 2. The van der Waals surface area contributed by atoms with E-state index in [1.54, 1.807) is 18.3 Å². The maximum atomic E-state index is 13.2. The highest BCUT2D eigenvalue weighted by atomic mass is 16.5. The number of amides is 1. The Bertz CT molecular complexity index is 1160. The van der Waals surface area contributed by atoms with Gasteiger partial charge in [0.05, 0.1) is 5.52 Å². The number of carbonyl (C=O) groups excluding carboxylic acids is 1. The molecule has 0 bridgehead atoms. The number of aromatic nitrogens is 3. The fourth-order valence-corrected chi connectivity index (χ4v) is 5.26. The summed E-state index contributed by atoms with van der Waals surface area (Å²) in [6, 6.07) is 9.78. The molecule has 8 heteroatoms. The third-order valence-electron chi connectivity index (χ3n) is 7.22. The van der Waals surface area contributed by atoms with Crippen LogP contribution in [-0.4, -0.2) is 64.2 Å². The van der Waals surface area contributed by atoms with Gasteiger partial charge in [-0.1, -0.05) is 19.4 Å². The van der Waals surface area contributed by atoms with Crippen LogP contribution in [0.3, 0.4) is 0 Å². The molecule has 8 nitrogen and oxygen atoms in total. The molecule has 2 aromatic heterocycles. The lowest BCUT2D eigenvalue weighted by Gasteiger charge is -2.31. The minimum Gasteiger partial charge on any atom is -0.488 e. The molecule has 35 heavy (non-hydrogen) atoms. The molecular formula is C27H36N6O2. The van der Waals surface area contributed by atoms with Crippen LogP contribution in [0.15, 0.2) is 36.5 Å². The lowest BCUT2D eigenvalue weighted by molar-refractivity contribution is 0.102. The van der Waals surface area contributed by atoms with Crippen LogP contribution in [-0.2, 0) is 0 Å². The summed E-state index contributed by atoms with van der Waals surface area (Å²) < 4.78 is 8.82. The maximum absolute atomic E-state index is 13.2. The minimum absolute atomic E-state index is 0.178. The van der Waals surface area contributed by atoms with Crippen LogP contribution < -0.4 is 15.4 Å². The molecule has 2 fully saturated rings. The summed E-state index contributed by atoms with van der Waals surface area (Å²) in [5, 5.41) is 6.67. The Morgan fingerprint density at radius 1 is 1.20 bits per heavy atom. The van der Waals surface area contributed by atoms with Gasteiger partial charge in [-0.05, 0) is 70.0 Å². The van der Waals surface area contributed by atoms with Gasteiger partial charge in [0.1, 0.15) is 17.4 Å². The summed E-state index contributed by atoms with van der Waals surface area (Å²) in [7, 11) is 0. The summed E-state index contributed by atoms with van der Waals surface area (Å²) in [4.78, 5) is 24.7. The van der Waals surface area contributed by atoms with Crippen molar-refractivity contribution >= 4 is 22.9 Å². The number of anilines is 1. The smallest absolute Gasteiger partial charge is 0.258 e. The maximum Gasteiger partial charge on any atom is 0.258 e. The molecule has 1 aromatic carbocycles. The topological polar surface area (TPSA) is 84.3 Å². The van der Waals surface area contributed by atoms with Crippen molar-refractivity contribution in [2.75, 3.05) is 38.0 Å². The molecule has 2 N–H and O–H groups in total. The number of ether oxygens (including phenoxy) is 1. The fourth-order valence-electron chi connectivity index (χ4n) is 5.26. The number of likely N-dealkylation sites (tertiary alicyclic amines) is 1. The second-order valence-electron chi connectivity index (χ2n) is 9.67. The van der Waals surface area contributed by atoms with Gasteiger partial charge in [0.15, 0.2) is 0 Å². The van der Waals surface area contributed by atoms with Crippen LogP contribution in [0.1, 0.15) is 61.1 Å². The van der Waals surface area contributed by atoms with Crippen molar-refractivity contribution in [2.24, 2.45) is 0 Å². The lowest BCUT2D eigenvalue weighted by Crippen LogP contribution is -2.38. The highest BCUT2D eigenvalue weighted by molar-refractivity contribution is 6.04. The number of pyridine rings is 1. The van der Waals surface area contributed by atoms with Crippen molar-refractivity contribution in [3.63, 3.8) is 0 Å². The first-order valence-electron chi connectivity index (χ1n) is 13.0. The number of benzene rings is 1. The highest BCUT2D eigenvalue weighted by Crippen LogP contribution is 2.35. The van der Waals surface area contributed by atoms with E-state index in [2.05, 4.69) is 38.1 Å². The average molecular weight is 477 g/mol. The monoisotopic (exact) mass is 476 g/mol. The Balaban J connectivity index is 1.50. The standard InChI is InChI=1S/C27H36N6O2/c1-3-32-15-11-22(12-16-32)35-24-9-6-8-23-25(24)33(21-7-4-5-13-28-18-21)27(30-23)31-26(34)20-10-14-29-19(2)17-20/h6,8-10,14,17,21-22,28H,3-5,7,11-13,15-16,18H2,1-2H3,(H,30,31,34). The zero-order valence-corrected chi connectivity index (χ0v) is 20.8. The summed E-state index contributed by atoms with van der Waals surface area (Å²) in [5.41, 5.74) is 3.21. The molecule has 3 aromatic rings. The number of piperidine rings is 1. The molecule has 0 saturated carbocycles. The van der Waals surface area contributed by atoms with Crippen LogP contribution in [0.25, 0.3) is 11.0 Å². The molecule has 0 spiro atoms. The number of nitrogens with zero attached hydrogens (tertiary/aromatic N) is 4. The second-order valence-corrected chi connectivity index (χ2v) is 9.67. The van der Waals surface area contributed by atoms with Gasteiger partial charge in [-0.2, -0.15) is 0 Å². The van der Waals surface area contributed by atoms with Crippen molar-refractivity contribution in [1.29, 1.82) is 0 Å². The van der Waals surface area contributed by atoms with Crippen molar-refractivity contribution in [1.82, 2.24) is 24.8 Å². The van der Waals surface area contributed by atoms with Gasteiger partial charge in [-0.25, -0.2) is 4.98 Å². The van der Waals surface area contributed by atoms with E-state index in [9.17, 15) is 4.79 Å². The molecule has 5 rings (SSSR count). The van der Waals surface area contributed by atoms with E-state index in [4.69, 9.17) is 9.72 Å². The highest BCUT2D eigenvalue weighted by Gasteiger charge is 2.26. The van der Waals surface area contributed by atoms with Crippen molar-refractivity contribution in [2.45, 2.75) is 58.1 Å². The Labute approximate surface area is 207 Å². The normalized spacial score (nSPS) is 20.0. The van der Waals surface area contributed by atoms with E-state index < -0.39 is 0 Å². The Morgan fingerprint density at radius 3 is 2.86 bits per heavy atom. The summed E-state index contributed by atoms with van der Waals surface area (Å²) in [6.07, 6.45) is 7.21. The number of para-hydroxylation sites is 1. The van der Waals surface area contributed by atoms with Gasteiger partial charge in [0.25, 0.3) is 5.91 Å². The molecule has 2 aliphatic heterocycles. The van der Waals surface area contributed by atoms with E-state index in [1.807, 2.05) is 19.1 Å². The molecule has 4 heterocycles. The molecule has 0 radical (unpaired) electrons. The first-order chi connectivity index (χ1) is 17.1. The van der Waals surface area contributed by atoms with E-state index in [0.29, 0.717) is 11.5 Å². The molecule has 2 aliphatic rings. The van der Waals surface area contributed by atoms with Crippen molar-refractivity contribution in [3.8, 4) is 5.75 Å². The summed E-state index contributed by atoms with van der Waals surface area (Å²) in [6.45, 7) is 9.17. The zero-order valence-electron chi connectivity index (χ0n) is 20.8. The van der Waals surface area contributed by atoms with E-state index in [-0.39, 0.29) is 18.1 Å². The van der Waals surface area contributed by atoms with Gasteiger partial charge < -0.3 is 19.5 Å². The number of aryl methyl sites for hydroxylation is 1. The number of fused-ring (bicyclic) bond motifs is 1. The molecule has 1 amide bonds. The molecule has 1 atom stereocenters. The van der Waals surface area contributed by atoms with Crippen molar-refractivity contribution < 1.29 is 9.53 Å². The van der Waals surface area contributed by atoms with E-state index in [0.717, 1.165) is 87.3 Å². The van der Waals surface area contributed by atoms with Gasteiger partial charge >= 0.3 is 0 Å². The first-order valence-corrected chi connectivity index (χ1v) is 13.0. The molecule has 2 saturated heterocycles. The third-order valence-corrected chi connectivity index (χ3v) is 7.22. The molecular weight excluding hydrogens is 440 g/mol. The predicted molar refractivity (Wildman–Crippen MR) is 138 cm³/mol. The summed E-state index contributed by atoms with van der Waals surface area (Å²) >= 11 is 0. The quantitative estimate of drug-likeness (QED) is 0.556. The largest absolute Gasteiger partial charge is 0.488 e. The minimum atomic E-state index is -0.178. The number of hydrogen-bond donors (Lipinski definition) is 2. The average Bonchev–Trinajstić information content (AvgIpc) is 3.03. The van der Waals surface area contributed by atoms with Gasteiger partial charge in [0.2, 0.25) is 5.95 Å². The summed E-state index contributed by atoms with van der Waals surface area (Å²) in [5.74, 6) is 1.25. The first kappa shape index (κ1) is 23.8. The Hall–Kier alpha value is -2.97. The second kappa shape index (κ2) is 10.7. The number of carbonyl (C=O) groups is 1. The van der Waals surface area contributed by atoms with Crippen LogP contribution in [0, 0.1) is 6.92 Å². The Kier molecular flexibility index (Phi) is 7.29. The van der Waals surface area contributed by atoms with E-state index >= 15 is 0 Å². The zero-order chi connectivity index (χ0) is 24.2. The van der Waals surface area contributed by atoms with E-state index in [1.165, 1.54) is 0 Å². The van der Waals surface area contributed by atoms with Gasteiger partial charge in [-0.15, -0.1) is 0 Å². The lowest BCUT2D eigenvalue weighted by atomic mass is 10.1. The van der Waals surface area contributed by atoms with Crippen LogP contribution >= 0.6 is 0 Å². The third kappa shape index (κ3) is 5.33. The van der Waals surface area contributed by atoms with Crippen LogP contribution in [0.5, 0.6) is 5.75 Å². The Morgan fingerprint density at radius 2 is 2.06 bits per heavy atom. The van der Waals surface area contributed by atoms with Crippen LogP contribution in [0.4, 0.5) is 5.95 Å². The number of imidazole rings is 1. The molecule has 0 aliphatic carbocycles. The van der Waals surface area contributed by atoms with Gasteiger partial charge in [0, 0.05) is 43.1 Å². The SMILES string of the molecule is CCN1CCC(Oc2cccc3nc(NC(=O)c4ccnc(C)c4)n(C4CCCCNC4)c23)CC1. The number of rotatable bonds is 6. The fraction of sp³-hybridized carbons (Fsp3) is 0.519. The predicted octanol–water partition coefficient (Wildman–Crippen LogP) is 4.17. The molecule has 186 valence electrons. The number of hydrogen-bond acceptors (Lipinski definition) is 6. The molecule has 1 unspecified atom stereocenters. The van der Waals surface area contributed by atoms with Gasteiger partial charge in [-0.3, -0.25) is 15.1 Å². The van der Waals surface area contributed by atoms with Crippen molar-refractivity contribution in [3.05, 3.63) is 47.8 Å².